The van der Waals surface area contributed by atoms with Crippen molar-refractivity contribution >= 4 is 11.7 Å². The minimum atomic E-state index is -0.489. The van der Waals surface area contributed by atoms with E-state index in [2.05, 4.69) is 25.9 Å². The molecule has 25 heavy (non-hydrogen) atoms. The SMILES string of the molecule is Cc1nnnn1-c1cc(NC(=O)N(C)Cc2cnn(C)c2)ccc1F. The van der Waals surface area contributed by atoms with Gasteiger partial charge in [0, 0.05) is 31.5 Å². The van der Waals surface area contributed by atoms with Crippen molar-refractivity contribution in [2.75, 3.05) is 12.4 Å². The van der Waals surface area contributed by atoms with E-state index >= 15 is 0 Å². The fourth-order valence-corrected chi connectivity index (χ4v) is 2.33. The summed E-state index contributed by atoms with van der Waals surface area (Å²) in [6.07, 6.45) is 3.53. The summed E-state index contributed by atoms with van der Waals surface area (Å²) in [6.45, 7) is 2.06. The van der Waals surface area contributed by atoms with Gasteiger partial charge in [0.05, 0.1) is 12.7 Å². The minimum Gasteiger partial charge on any atom is -0.323 e. The van der Waals surface area contributed by atoms with E-state index in [0.717, 1.165) is 5.56 Å². The molecule has 0 radical (unpaired) electrons. The highest BCUT2D eigenvalue weighted by Gasteiger charge is 2.14. The first-order valence-corrected chi connectivity index (χ1v) is 7.48. The number of carbonyl (C=O) groups is 1. The predicted octanol–water partition coefficient (Wildman–Crippen LogP) is 1.51. The molecule has 1 N–H and O–H groups in total. The minimum absolute atomic E-state index is 0.162. The standard InChI is InChI=1S/C15H17FN8O/c1-10-19-20-21-24(10)14-6-12(4-5-13(14)16)18-15(25)22(2)8-11-7-17-23(3)9-11/h4-7,9H,8H2,1-3H3,(H,18,25). The van der Waals surface area contributed by atoms with Crippen LogP contribution in [0.25, 0.3) is 5.69 Å². The Balaban J connectivity index is 1.74. The Hall–Kier alpha value is -3.30. The number of anilines is 1. The van der Waals surface area contributed by atoms with Crippen molar-refractivity contribution in [3.8, 4) is 5.69 Å². The first kappa shape index (κ1) is 16.6. The van der Waals surface area contributed by atoms with E-state index < -0.39 is 5.82 Å². The fourth-order valence-electron chi connectivity index (χ4n) is 2.33. The molecule has 0 bridgehead atoms. The van der Waals surface area contributed by atoms with Gasteiger partial charge in [-0.05, 0) is 35.5 Å². The fraction of sp³-hybridized carbons (Fsp3) is 0.267. The van der Waals surface area contributed by atoms with Crippen LogP contribution in [0, 0.1) is 12.7 Å². The van der Waals surface area contributed by atoms with Crippen LogP contribution in [0.1, 0.15) is 11.4 Å². The van der Waals surface area contributed by atoms with Crippen molar-refractivity contribution in [3.05, 3.63) is 47.8 Å². The molecule has 2 heterocycles. The maximum atomic E-state index is 14.0. The summed E-state index contributed by atoms with van der Waals surface area (Å²) >= 11 is 0. The van der Waals surface area contributed by atoms with E-state index in [9.17, 15) is 9.18 Å². The van der Waals surface area contributed by atoms with Gasteiger partial charge in [-0.25, -0.2) is 9.18 Å². The van der Waals surface area contributed by atoms with Crippen LogP contribution in [0.2, 0.25) is 0 Å². The van der Waals surface area contributed by atoms with E-state index in [-0.39, 0.29) is 11.7 Å². The van der Waals surface area contributed by atoms with Gasteiger partial charge in [0.25, 0.3) is 0 Å². The Morgan fingerprint density at radius 3 is 2.84 bits per heavy atom. The number of benzene rings is 1. The molecule has 2 aromatic heterocycles. The number of tetrazole rings is 1. The second-order valence-corrected chi connectivity index (χ2v) is 5.61. The van der Waals surface area contributed by atoms with Crippen LogP contribution in [0.5, 0.6) is 0 Å². The molecule has 0 spiro atoms. The number of nitrogens with zero attached hydrogens (tertiary/aromatic N) is 7. The number of carbonyl (C=O) groups excluding carboxylic acids is 1. The van der Waals surface area contributed by atoms with Gasteiger partial charge in [0.15, 0.2) is 5.82 Å². The largest absolute Gasteiger partial charge is 0.323 e. The Kier molecular flexibility index (Phi) is 4.42. The lowest BCUT2D eigenvalue weighted by atomic mass is 10.2. The van der Waals surface area contributed by atoms with Crippen LogP contribution in [-0.4, -0.2) is 48.0 Å². The topological polar surface area (TPSA) is 93.8 Å². The molecule has 0 fully saturated rings. The Morgan fingerprint density at radius 2 is 2.20 bits per heavy atom. The van der Waals surface area contributed by atoms with Gasteiger partial charge in [0.1, 0.15) is 11.5 Å². The number of nitrogens with one attached hydrogen (secondary N) is 1. The zero-order valence-electron chi connectivity index (χ0n) is 14.0. The summed E-state index contributed by atoms with van der Waals surface area (Å²) in [5.74, 6) is -0.0480. The molecular weight excluding hydrogens is 327 g/mol. The molecular formula is C15H17FN8O. The number of urea groups is 1. The average molecular weight is 344 g/mol. The lowest BCUT2D eigenvalue weighted by Gasteiger charge is -2.17. The third-order valence-corrected chi connectivity index (χ3v) is 3.58. The summed E-state index contributed by atoms with van der Waals surface area (Å²) in [5.41, 5.74) is 1.51. The van der Waals surface area contributed by atoms with E-state index in [1.54, 1.807) is 24.9 Å². The molecule has 3 aromatic rings. The normalized spacial score (nSPS) is 10.7. The first-order valence-electron chi connectivity index (χ1n) is 7.48. The molecule has 3 rings (SSSR count). The van der Waals surface area contributed by atoms with Gasteiger partial charge in [-0.1, -0.05) is 0 Å². The van der Waals surface area contributed by atoms with Crippen molar-refractivity contribution in [1.29, 1.82) is 0 Å². The number of halogens is 1. The second kappa shape index (κ2) is 6.67. The molecule has 9 nitrogen and oxygen atoms in total. The van der Waals surface area contributed by atoms with Crippen LogP contribution in [0.3, 0.4) is 0 Å². The predicted molar refractivity (Wildman–Crippen MR) is 87.5 cm³/mol. The third kappa shape index (κ3) is 3.62. The molecule has 130 valence electrons. The number of aryl methyl sites for hydroxylation is 2. The lowest BCUT2D eigenvalue weighted by Crippen LogP contribution is -2.30. The van der Waals surface area contributed by atoms with Crippen molar-refractivity contribution in [3.63, 3.8) is 0 Å². The van der Waals surface area contributed by atoms with Gasteiger partial charge >= 0.3 is 6.03 Å². The van der Waals surface area contributed by atoms with Crippen LogP contribution in [0.15, 0.2) is 30.6 Å². The monoisotopic (exact) mass is 344 g/mol. The number of hydrogen-bond donors (Lipinski definition) is 1. The maximum Gasteiger partial charge on any atom is 0.321 e. The van der Waals surface area contributed by atoms with Crippen LogP contribution in [-0.2, 0) is 13.6 Å². The van der Waals surface area contributed by atoms with Gasteiger partial charge in [-0.15, -0.1) is 5.10 Å². The highest BCUT2D eigenvalue weighted by Crippen LogP contribution is 2.19. The summed E-state index contributed by atoms with van der Waals surface area (Å²) in [6, 6.07) is 3.89. The van der Waals surface area contributed by atoms with E-state index in [0.29, 0.717) is 18.1 Å². The number of hydrogen-bond acceptors (Lipinski definition) is 5. The quantitative estimate of drug-likeness (QED) is 0.774. The van der Waals surface area contributed by atoms with Crippen LogP contribution < -0.4 is 5.32 Å². The van der Waals surface area contributed by atoms with E-state index in [1.165, 1.54) is 27.8 Å². The number of rotatable bonds is 4. The Labute approximate surface area is 143 Å². The first-order chi connectivity index (χ1) is 11.9. The smallest absolute Gasteiger partial charge is 0.321 e. The van der Waals surface area contributed by atoms with Crippen molar-refractivity contribution < 1.29 is 9.18 Å². The third-order valence-electron chi connectivity index (χ3n) is 3.58. The Morgan fingerprint density at radius 1 is 1.40 bits per heavy atom. The summed E-state index contributed by atoms with van der Waals surface area (Å²) in [4.78, 5) is 13.8. The van der Waals surface area contributed by atoms with Gasteiger partial charge in [-0.3, -0.25) is 4.68 Å². The van der Waals surface area contributed by atoms with Crippen molar-refractivity contribution in [2.24, 2.45) is 7.05 Å². The lowest BCUT2D eigenvalue weighted by molar-refractivity contribution is 0.220. The molecule has 1 aromatic carbocycles. The molecule has 0 aliphatic carbocycles. The summed E-state index contributed by atoms with van der Waals surface area (Å²) in [7, 11) is 3.48. The molecule has 10 heteroatoms. The van der Waals surface area contributed by atoms with Gasteiger partial charge < -0.3 is 10.2 Å². The Bertz CT molecular complexity index is 903. The number of amides is 2. The summed E-state index contributed by atoms with van der Waals surface area (Å²) in [5, 5.41) is 17.8. The number of aromatic nitrogens is 6. The van der Waals surface area contributed by atoms with Crippen molar-refractivity contribution in [1.82, 2.24) is 34.9 Å². The van der Waals surface area contributed by atoms with Gasteiger partial charge in [0.2, 0.25) is 0 Å². The molecule has 0 aliphatic heterocycles. The molecule has 0 aliphatic rings. The molecule has 0 atom stereocenters. The summed E-state index contributed by atoms with van der Waals surface area (Å²) < 4.78 is 17.0. The second-order valence-electron chi connectivity index (χ2n) is 5.61. The van der Waals surface area contributed by atoms with Crippen LogP contribution in [0.4, 0.5) is 14.9 Å². The van der Waals surface area contributed by atoms with E-state index in [1.807, 2.05) is 13.2 Å². The molecule has 0 unspecified atom stereocenters. The molecule has 0 saturated heterocycles. The zero-order valence-corrected chi connectivity index (χ0v) is 14.0. The maximum absolute atomic E-state index is 14.0. The zero-order chi connectivity index (χ0) is 18.0. The average Bonchev–Trinajstić information content (AvgIpc) is 3.17. The molecule has 0 saturated carbocycles. The van der Waals surface area contributed by atoms with Crippen molar-refractivity contribution in [2.45, 2.75) is 13.5 Å². The molecule has 2 amide bonds. The highest BCUT2D eigenvalue weighted by atomic mass is 19.1. The van der Waals surface area contributed by atoms with Crippen LogP contribution >= 0.6 is 0 Å². The highest BCUT2D eigenvalue weighted by molar-refractivity contribution is 5.89. The van der Waals surface area contributed by atoms with Gasteiger partial charge in [-0.2, -0.15) is 9.78 Å². The van der Waals surface area contributed by atoms with E-state index in [4.69, 9.17) is 0 Å².